The summed E-state index contributed by atoms with van der Waals surface area (Å²) in [5, 5.41) is 15.6. The lowest BCUT2D eigenvalue weighted by molar-refractivity contribution is -0.145. The van der Waals surface area contributed by atoms with Gasteiger partial charge in [0.15, 0.2) is 0 Å². The van der Waals surface area contributed by atoms with Crippen LogP contribution in [0.5, 0.6) is 0 Å². The number of rotatable bonds is 28. The van der Waals surface area contributed by atoms with E-state index in [0.717, 1.165) is 0 Å². The predicted molar refractivity (Wildman–Crippen MR) is 232 cm³/mol. The number of carbonyl (C=O) groups excluding carboxylic acids is 9. The van der Waals surface area contributed by atoms with Crippen LogP contribution in [0.2, 0.25) is 0 Å². The van der Waals surface area contributed by atoms with Crippen molar-refractivity contribution in [2.45, 2.75) is 101 Å². The van der Waals surface area contributed by atoms with E-state index in [1.54, 1.807) is 60.7 Å². The van der Waals surface area contributed by atoms with Crippen molar-refractivity contribution in [1.82, 2.24) is 31.9 Å². The van der Waals surface area contributed by atoms with Crippen molar-refractivity contribution in [1.29, 1.82) is 0 Å². The Labute approximate surface area is 365 Å². The van der Waals surface area contributed by atoms with Crippen molar-refractivity contribution >= 4 is 65.0 Å². The number of methoxy groups -OCH3 is 1. The van der Waals surface area contributed by atoms with Crippen LogP contribution in [0.15, 0.2) is 60.7 Å². The Balaban J connectivity index is 2.34. The predicted octanol–water partition coefficient (Wildman–Crippen LogP) is -1.16. The average molecular weight is 884 g/mol. The van der Waals surface area contributed by atoms with Crippen molar-refractivity contribution in [3.05, 3.63) is 71.8 Å². The van der Waals surface area contributed by atoms with Crippen LogP contribution in [0, 0.1) is 5.92 Å². The molecule has 0 saturated heterocycles. The van der Waals surface area contributed by atoms with Gasteiger partial charge >= 0.3 is 5.97 Å². The lowest BCUT2D eigenvalue weighted by Gasteiger charge is -2.26. The number of hydrogen-bond acceptors (Lipinski definition) is 12. The van der Waals surface area contributed by atoms with Crippen LogP contribution in [0.4, 0.5) is 0 Å². The second-order valence-corrected chi connectivity index (χ2v) is 16.0. The van der Waals surface area contributed by atoms with Crippen LogP contribution in [-0.2, 0) is 60.7 Å². The summed E-state index contributed by atoms with van der Waals surface area (Å²) in [5.74, 6) is -6.08. The van der Waals surface area contributed by atoms with Crippen LogP contribution in [0.3, 0.4) is 0 Å². The highest BCUT2D eigenvalue weighted by atomic mass is 32.2. The SMILES string of the molecule is COC(=O)[C@@H](CCSC)NC(=O)[C@H](CC(C)C)NC(=O)CNC(=O)[C@H](Cc1ccccc1)NC(=O)[C@H](Cc1ccccc1)NC(=O)[C@H](CCC(N)=O)NC(=O)[C@@H](N)CCC(N)=O. The fourth-order valence-electron chi connectivity index (χ4n) is 6.06. The maximum Gasteiger partial charge on any atom is 0.328 e. The summed E-state index contributed by atoms with van der Waals surface area (Å²) in [4.78, 5) is 117. The van der Waals surface area contributed by atoms with Gasteiger partial charge in [-0.25, -0.2) is 4.79 Å². The molecule has 2 aromatic carbocycles. The van der Waals surface area contributed by atoms with E-state index in [9.17, 15) is 43.2 Å². The van der Waals surface area contributed by atoms with Gasteiger partial charge in [-0.1, -0.05) is 74.5 Å². The molecule has 0 aliphatic carbocycles. The minimum absolute atomic E-state index is 0.0319. The number of hydrogen-bond donors (Lipinski definition) is 9. The van der Waals surface area contributed by atoms with E-state index in [4.69, 9.17) is 21.9 Å². The standard InChI is InChI=1S/C42H61N9O10S/c1-25(2)21-31(40(58)49-30(19-20-62-4)42(60)61-3)47-36(54)24-46-38(56)32(22-26-11-7-5-8-12-26)50-41(59)33(23-27-13-9-6-10-14-27)51-39(57)29(16-18-35(45)53)48-37(55)28(43)15-17-34(44)52/h5-14,25,28-33H,15-24,43H2,1-4H3,(H2,44,52)(H2,45,53)(H,46,56)(H,47,54)(H,48,55)(H,49,58)(H,50,59)(H,51,57)/t28-,29-,30+,31-,32-,33-/m0/s1. The highest BCUT2D eigenvalue weighted by molar-refractivity contribution is 7.98. The van der Waals surface area contributed by atoms with Crippen LogP contribution in [0.25, 0.3) is 0 Å². The molecule has 340 valence electrons. The zero-order valence-electron chi connectivity index (χ0n) is 35.6. The van der Waals surface area contributed by atoms with Crippen LogP contribution in [-0.4, -0.2) is 115 Å². The number of amides is 8. The topological polar surface area (TPSA) is 313 Å². The average Bonchev–Trinajstić information content (AvgIpc) is 3.23. The van der Waals surface area contributed by atoms with Crippen LogP contribution >= 0.6 is 11.8 Å². The van der Waals surface area contributed by atoms with Gasteiger partial charge in [0, 0.05) is 25.7 Å². The van der Waals surface area contributed by atoms with Crippen molar-refractivity contribution in [2.75, 3.05) is 25.7 Å². The minimum Gasteiger partial charge on any atom is -0.467 e. The molecule has 2 aromatic rings. The summed E-state index contributed by atoms with van der Waals surface area (Å²) in [6.45, 7) is 3.12. The summed E-state index contributed by atoms with van der Waals surface area (Å²) < 4.78 is 4.84. The molecule has 0 spiro atoms. The molecule has 8 amide bonds. The first-order valence-electron chi connectivity index (χ1n) is 20.2. The van der Waals surface area contributed by atoms with Crippen molar-refractivity contribution in [3.8, 4) is 0 Å². The number of primary amides is 2. The number of nitrogens with two attached hydrogens (primary N) is 3. The van der Waals surface area contributed by atoms with Crippen LogP contribution in [0.1, 0.15) is 63.5 Å². The molecule has 0 aliphatic heterocycles. The summed E-state index contributed by atoms with van der Waals surface area (Å²) in [6.07, 6.45) is 1.42. The number of thioether (sulfide) groups is 1. The zero-order valence-corrected chi connectivity index (χ0v) is 36.4. The number of nitrogens with one attached hydrogen (secondary N) is 6. The first kappa shape index (κ1) is 52.1. The van der Waals surface area contributed by atoms with Gasteiger partial charge in [-0.2, -0.15) is 11.8 Å². The van der Waals surface area contributed by atoms with Gasteiger partial charge in [0.05, 0.1) is 19.7 Å². The molecular formula is C42H61N9O10S. The molecule has 19 nitrogen and oxygen atoms in total. The maximum atomic E-state index is 14.2. The van der Waals surface area contributed by atoms with Crippen LogP contribution < -0.4 is 49.1 Å². The summed E-state index contributed by atoms with van der Waals surface area (Å²) >= 11 is 1.49. The molecule has 62 heavy (non-hydrogen) atoms. The molecule has 0 saturated carbocycles. The van der Waals surface area contributed by atoms with E-state index in [2.05, 4.69) is 31.9 Å². The molecule has 0 aromatic heterocycles. The quantitative estimate of drug-likeness (QED) is 0.0458. The molecule has 0 aliphatic rings. The number of carbonyl (C=O) groups is 9. The van der Waals surface area contributed by atoms with E-state index in [1.807, 2.05) is 20.1 Å². The number of esters is 1. The Kier molecular flexibility index (Phi) is 23.3. The third-order valence-electron chi connectivity index (χ3n) is 9.38. The third-order valence-corrected chi connectivity index (χ3v) is 10.0. The van der Waals surface area contributed by atoms with Gasteiger partial charge in [-0.15, -0.1) is 0 Å². The second kappa shape index (κ2) is 27.8. The van der Waals surface area contributed by atoms with E-state index >= 15 is 0 Å². The zero-order chi connectivity index (χ0) is 46.2. The Morgan fingerprint density at radius 3 is 1.56 bits per heavy atom. The molecule has 0 bridgehead atoms. The van der Waals surface area contributed by atoms with E-state index in [-0.39, 0.29) is 50.9 Å². The first-order valence-corrected chi connectivity index (χ1v) is 21.6. The minimum atomic E-state index is -1.38. The van der Waals surface area contributed by atoms with Crippen molar-refractivity contribution in [3.63, 3.8) is 0 Å². The van der Waals surface area contributed by atoms with Gasteiger partial charge in [-0.05, 0) is 54.7 Å². The molecule has 6 atom stereocenters. The smallest absolute Gasteiger partial charge is 0.328 e. The van der Waals surface area contributed by atoms with Gasteiger partial charge in [0.1, 0.15) is 30.2 Å². The van der Waals surface area contributed by atoms with E-state index in [1.165, 1.54) is 18.9 Å². The van der Waals surface area contributed by atoms with Gasteiger partial charge in [0.25, 0.3) is 0 Å². The van der Waals surface area contributed by atoms with Gasteiger partial charge in [-0.3, -0.25) is 38.4 Å². The fraction of sp³-hybridized carbons (Fsp3) is 0.500. The highest BCUT2D eigenvalue weighted by Gasteiger charge is 2.32. The summed E-state index contributed by atoms with van der Waals surface area (Å²) in [7, 11) is 1.21. The van der Waals surface area contributed by atoms with Gasteiger partial charge < -0.3 is 53.8 Å². The molecule has 0 heterocycles. The molecular weight excluding hydrogens is 823 g/mol. The molecule has 2 rings (SSSR count). The lowest BCUT2D eigenvalue weighted by atomic mass is 10.0. The fourth-order valence-corrected chi connectivity index (χ4v) is 6.54. The first-order chi connectivity index (χ1) is 29.4. The molecule has 12 N–H and O–H groups in total. The Morgan fingerprint density at radius 1 is 0.597 bits per heavy atom. The summed E-state index contributed by atoms with van der Waals surface area (Å²) in [5.41, 5.74) is 17.7. The maximum absolute atomic E-state index is 14.2. The number of ether oxygens (including phenoxy) is 1. The molecule has 0 unspecified atom stereocenters. The van der Waals surface area contributed by atoms with Crippen molar-refractivity contribution in [2.24, 2.45) is 23.1 Å². The Bertz CT molecular complexity index is 1820. The Morgan fingerprint density at radius 2 is 1.06 bits per heavy atom. The number of benzene rings is 2. The monoisotopic (exact) mass is 883 g/mol. The second-order valence-electron chi connectivity index (χ2n) is 15.0. The molecule has 0 fully saturated rings. The third kappa shape index (κ3) is 20.0. The highest BCUT2D eigenvalue weighted by Crippen LogP contribution is 2.11. The summed E-state index contributed by atoms with van der Waals surface area (Å²) in [6, 6.07) is 10.2. The van der Waals surface area contributed by atoms with E-state index in [0.29, 0.717) is 23.3 Å². The lowest BCUT2D eigenvalue weighted by Crippen LogP contribution is -2.59. The molecule has 0 radical (unpaired) electrons. The van der Waals surface area contributed by atoms with Gasteiger partial charge in [0.2, 0.25) is 47.3 Å². The molecule has 20 heteroatoms. The normalized spacial score (nSPS) is 13.8. The van der Waals surface area contributed by atoms with Crippen molar-refractivity contribution < 1.29 is 47.9 Å². The van der Waals surface area contributed by atoms with E-state index < -0.39 is 96.0 Å². The largest absolute Gasteiger partial charge is 0.467 e. The Hall–Kier alpha value is -6.02.